The zero-order valence-electron chi connectivity index (χ0n) is 24.4. The maximum atomic E-state index is 3.75. The lowest BCUT2D eigenvalue weighted by atomic mass is 9.94. The first kappa shape index (κ1) is 25.2. The van der Waals surface area contributed by atoms with Crippen molar-refractivity contribution in [1.82, 2.24) is 9.88 Å². The Morgan fingerprint density at radius 3 is 2.45 bits per heavy atom. The quantitative estimate of drug-likeness (QED) is 0.223. The molecule has 1 aromatic heterocycles. The molecule has 44 heavy (non-hydrogen) atoms. The van der Waals surface area contributed by atoms with Crippen LogP contribution in [0.5, 0.6) is 0 Å². The highest BCUT2D eigenvalue weighted by Crippen LogP contribution is 2.51. The van der Waals surface area contributed by atoms with E-state index in [0.29, 0.717) is 0 Å². The van der Waals surface area contributed by atoms with E-state index in [4.69, 9.17) is 0 Å². The topological polar surface area (TPSA) is 32.2 Å². The van der Waals surface area contributed by atoms with Crippen LogP contribution in [0, 0.1) is 0 Å². The van der Waals surface area contributed by atoms with Gasteiger partial charge in [0.05, 0.1) is 22.9 Å². The zero-order valence-corrected chi connectivity index (χ0v) is 24.4. The lowest BCUT2D eigenvalue weighted by Crippen LogP contribution is -2.32. The van der Waals surface area contributed by atoms with Crippen molar-refractivity contribution in [2.75, 3.05) is 23.3 Å². The highest BCUT2D eigenvalue weighted by Gasteiger charge is 2.34. The molecule has 212 valence electrons. The minimum Gasteiger partial charge on any atom is -0.374 e. The summed E-state index contributed by atoms with van der Waals surface area (Å²) in [5.74, 6) is 0. The predicted octanol–water partition coefficient (Wildman–Crippen LogP) is 9.33. The van der Waals surface area contributed by atoms with Crippen LogP contribution in [0.25, 0.3) is 39.5 Å². The number of hydrogen-bond donors (Lipinski definition) is 2. The van der Waals surface area contributed by atoms with Crippen LogP contribution in [0.1, 0.15) is 29.2 Å². The summed E-state index contributed by atoms with van der Waals surface area (Å²) < 4.78 is 2.48. The van der Waals surface area contributed by atoms with E-state index in [2.05, 4.69) is 160 Å². The number of fused-ring (bicyclic) bond motifs is 7. The number of anilines is 3. The number of aromatic nitrogens is 1. The van der Waals surface area contributed by atoms with Crippen LogP contribution in [0.3, 0.4) is 0 Å². The molecule has 1 unspecified atom stereocenters. The summed E-state index contributed by atoms with van der Waals surface area (Å²) >= 11 is 0. The van der Waals surface area contributed by atoms with Gasteiger partial charge in [0.25, 0.3) is 0 Å². The Labute approximate surface area is 257 Å². The van der Waals surface area contributed by atoms with E-state index in [-0.39, 0.29) is 6.04 Å². The fourth-order valence-corrected chi connectivity index (χ4v) is 7.35. The third-order valence-electron chi connectivity index (χ3n) is 9.28. The van der Waals surface area contributed by atoms with E-state index in [0.717, 1.165) is 19.5 Å². The normalized spacial score (nSPS) is 16.9. The molecule has 0 saturated carbocycles. The van der Waals surface area contributed by atoms with Gasteiger partial charge in [-0.25, -0.2) is 0 Å². The van der Waals surface area contributed by atoms with E-state index in [1.807, 2.05) is 0 Å². The minimum absolute atomic E-state index is 0.105. The first-order chi connectivity index (χ1) is 21.8. The highest BCUT2D eigenvalue weighted by molar-refractivity contribution is 6.07. The second kappa shape index (κ2) is 10.1. The maximum Gasteiger partial charge on any atom is 0.0702 e. The molecule has 4 nitrogen and oxygen atoms in total. The molecule has 3 aliphatic heterocycles. The molecule has 5 aromatic carbocycles. The summed E-state index contributed by atoms with van der Waals surface area (Å²) in [5, 5.41) is 8.78. The van der Waals surface area contributed by atoms with Crippen molar-refractivity contribution in [1.29, 1.82) is 0 Å². The number of nitrogens with zero attached hydrogens (tertiary/aromatic N) is 2. The molecule has 0 amide bonds. The van der Waals surface area contributed by atoms with Crippen molar-refractivity contribution in [3.8, 4) is 16.9 Å². The van der Waals surface area contributed by atoms with Gasteiger partial charge in [-0.3, -0.25) is 0 Å². The number of benzene rings is 5. The number of para-hydroxylation sites is 4. The molecule has 9 rings (SSSR count). The summed E-state index contributed by atoms with van der Waals surface area (Å²) in [6.45, 7) is 1.77. The fraction of sp³-hybridized carbons (Fsp3) is 0.100. The third-order valence-corrected chi connectivity index (χ3v) is 9.28. The largest absolute Gasteiger partial charge is 0.374 e. The van der Waals surface area contributed by atoms with Crippen molar-refractivity contribution in [3.63, 3.8) is 0 Å². The Morgan fingerprint density at radius 2 is 1.50 bits per heavy atom. The predicted molar refractivity (Wildman–Crippen MR) is 184 cm³/mol. The highest BCUT2D eigenvalue weighted by atomic mass is 15.2. The molecule has 4 heteroatoms. The van der Waals surface area contributed by atoms with Crippen molar-refractivity contribution < 1.29 is 0 Å². The van der Waals surface area contributed by atoms with Gasteiger partial charge in [0.1, 0.15) is 0 Å². The third kappa shape index (κ3) is 3.88. The molecular formula is C40H32N4. The number of nitrogens with one attached hydrogen (secondary N) is 2. The first-order valence-electron chi connectivity index (χ1n) is 15.5. The average molecular weight is 569 g/mol. The van der Waals surface area contributed by atoms with Crippen LogP contribution >= 0.6 is 0 Å². The van der Waals surface area contributed by atoms with Crippen molar-refractivity contribution in [2.24, 2.45) is 0 Å². The van der Waals surface area contributed by atoms with E-state index in [1.54, 1.807) is 0 Å². The lowest BCUT2D eigenvalue weighted by Gasteiger charge is -2.33. The van der Waals surface area contributed by atoms with E-state index in [9.17, 15) is 0 Å². The van der Waals surface area contributed by atoms with Crippen LogP contribution in [0.4, 0.5) is 17.1 Å². The molecule has 1 atom stereocenters. The molecule has 2 N–H and O–H groups in total. The summed E-state index contributed by atoms with van der Waals surface area (Å²) in [5.41, 5.74) is 15.1. The molecule has 0 bridgehead atoms. The average Bonchev–Trinajstić information content (AvgIpc) is 3.38. The van der Waals surface area contributed by atoms with Crippen LogP contribution in [-0.2, 0) is 0 Å². The van der Waals surface area contributed by atoms with Crippen LogP contribution in [0.15, 0.2) is 139 Å². The van der Waals surface area contributed by atoms with E-state index >= 15 is 0 Å². The van der Waals surface area contributed by atoms with Gasteiger partial charge < -0.3 is 20.1 Å². The monoisotopic (exact) mass is 568 g/mol. The second-order valence-corrected chi connectivity index (χ2v) is 11.8. The zero-order chi connectivity index (χ0) is 29.0. The van der Waals surface area contributed by atoms with Crippen molar-refractivity contribution in [3.05, 3.63) is 156 Å². The summed E-state index contributed by atoms with van der Waals surface area (Å²) in [4.78, 5) is 2.52. The molecule has 3 aliphatic rings. The van der Waals surface area contributed by atoms with Crippen molar-refractivity contribution in [2.45, 2.75) is 12.5 Å². The number of rotatable bonds is 3. The molecule has 0 spiro atoms. The van der Waals surface area contributed by atoms with Gasteiger partial charge in [-0.05, 0) is 72.1 Å². The van der Waals surface area contributed by atoms with Gasteiger partial charge in [0.2, 0.25) is 0 Å². The van der Waals surface area contributed by atoms with Crippen LogP contribution < -0.4 is 15.5 Å². The van der Waals surface area contributed by atoms with Gasteiger partial charge in [0.15, 0.2) is 0 Å². The molecular weight excluding hydrogens is 536 g/mol. The lowest BCUT2D eigenvalue weighted by molar-refractivity contribution is 0.705. The van der Waals surface area contributed by atoms with E-state index < -0.39 is 0 Å². The van der Waals surface area contributed by atoms with Gasteiger partial charge in [0, 0.05) is 45.8 Å². The van der Waals surface area contributed by atoms with Gasteiger partial charge in [-0.1, -0.05) is 97.1 Å². The maximum absolute atomic E-state index is 3.75. The standard InChI is InChI=1S/C40H32N4/c1-2-13-29(14-3-1)44-36-19-8-5-16-31(36)39-32-23-24-41-26-38(32)43(37-20-9-6-17-33(37)40(39)44)30-15-10-12-28(25-30)35-22-21-27-11-4-7-18-34(27)42-35/h1-22,25,35,41-42H,23-24,26H2. The van der Waals surface area contributed by atoms with E-state index in [1.165, 1.54) is 72.9 Å². The number of hydrogen-bond acceptors (Lipinski definition) is 3. The Bertz CT molecular complexity index is 2120. The van der Waals surface area contributed by atoms with Gasteiger partial charge >= 0.3 is 0 Å². The molecule has 0 fully saturated rings. The Morgan fingerprint density at radius 1 is 0.705 bits per heavy atom. The van der Waals surface area contributed by atoms with Gasteiger partial charge in [-0.2, -0.15) is 0 Å². The van der Waals surface area contributed by atoms with Crippen LogP contribution in [0.2, 0.25) is 0 Å². The molecule has 0 saturated heterocycles. The molecule has 4 heterocycles. The Kier molecular flexibility index (Phi) is 5.81. The van der Waals surface area contributed by atoms with Gasteiger partial charge in [-0.15, -0.1) is 0 Å². The fourth-order valence-electron chi connectivity index (χ4n) is 7.35. The SMILES string of the molecule is C1=CC(c2cccc(N3C4=C(CCNC4)c4c(n(-c5ccccc5)c5ccccc45)-c4ccccc43)c2)Nc2ccccc21. The Balaban J connectivity index is 1.28. The Hall–Kier alpha value is -5.32. The first-order valence-corrected chi connectivity index (χ1v) is 15.5. The summed E-state index contributed by atoms with van der Waals surface area (Å²) in [6, 6.07) is 46.4. The molecule has 0 aliphatic carbocycles. The second-order valence-electron chi connectivity index (χ2n) is 11.8. The van der Waals surface area contributed by atoms with Crippen LogP contribution in [-0.4, -0.2) is 17.7 Å². The van der Waals surface area contributed by atoms with Crippen molar-refractivity contribution >= 4 is 39.6 Å². The molecule has 0 radical (unpaired) electrons. The minimum atomic E-state index is 0.105. The molecule has 6 aromatic rings. The smallest absolute Gasteiger partial charge is 0.0702 e. The summed E-state index contributed by atoms with van der Waals surface area (Å²) in [6.07, 6.45) is 5.48. The summed E-state index contributed by atoms with van der Waals surface area (Å²) in [7, 11) is 0.